The topological polar surface area (TPSA) is 72.2 Å². The van der Waals surface area contributed by atoms with E-state index in [2.05, 4.69) is 10.3 Å². The number of benzene rings is 2. The highest BCUT2D eigenvalue weighted by Crippen LogP contribution is 2.22. The Morgan fingerprint density at radius 2 is 1.72 bits per heavy atom. The molecule has 1 N–H and O–H groups in total. The third-order valence-corrected chi connectivity index (χ3v) is 3.82. The van der Waals surface area contributed by atoms with Crippen LogP contribution in [0.4, 0.5) is 5.69 Å². The number of carbonyl (C=O) groups is 2. The van der Waals surface area contributed by atoms with E-state index >= 15 is 0 Å². The minimum Gasteiger partial charge on any atom is -0.441 e. The number of Topliss-reactive ketones (excluding diaryl/α,β-unsaturated/α-hetero) is 1. The molecule has 0 saturated carbocycles. The summed E-state index contributed by atoms with van der Waals surface area (Å²) in [5, 5.41) is 2.80. The molecule has 5 nitrogen and oxygen atoms in total. The molecule has 126 valence electrons. The second-order valence-electron chi connectivity index (χ2n) is 5.75. The van der Waals surface area contributed by atoms with Crippen molar-refractivity contribution in [3.05, 3.63) is 71.6 Å². The molecule has 0 aliphatic rings. The van der Waals surface area contributed by atoms with E-state index in [1.165, 1.54) is 6.92 Å². The lowest BCUT2D eigenvalue weighted by Crippen LogP contribution is -2.15. The van der Waals surface area contributed by atoms with Gasteiger partial charge in [0.1, 0.15) is 5.76 Å². The molecule has 1 aromatic heterocycles. The van der Waals surface area contributed by atoms with Crippen LogP contribution in [-0.4, -0.2) is 16.7 Å². The largest absolute Gasteiger partial charge is 0.441 e. The third kappa shape index (κ3) is 4.01. The Hall–Kier alpha value is -3.21. The number of rotatable bonds is 5. The predicted molar refractivity (Wildman–Crippen MR) is 95.5 cm³/mol. The van der Waals surface area contributed by atoms with Gasteiger partial charge in [-0.15, -0.1) is 0 Å². The SMILES string of the molecule is CC(=O)c1ccc(NC(=O)Cc2nc(-c3ccccc3)oc2C)cc1. The van der Waals surface area contributed by atoms with Crippen LogP contribution in [0.5, 0.6) is 0 Å². The summed E-state index contributed by atoms with van der Waals surface area (Å²) in [5.41, 5.74) is 2.73. The molecular weight excluding hydrogens is 316 g/mol. The number of carbonyl (C=O) groups excluding carboxylic acids is 2. The van der Waals surface area contributed by atoms with Gasteiger partial charge in [0.2, 0.25) is 11.8 Å². The van der Waals surface area contributed by atoms with Gasteiger partial charge >= 0.3 is 0 Å². The van der Waals surface area contributed by atoms with Gasteiger partial charge in [-0.3, -0.25) is 9.59 Å². The van der Waals surface area contributed by atoms with Crippen LogP contribution in [0.15, 0.2) is 59.0 Å². The fourth-order valence-electron chi connectivity index (χ4n) is 2.44. The van der Waals surface area contributed by atoms with Gasteiger partial charge in [0, 0.05) is 16.8 Å². The summed E-state index contributed by atoms with van der Waals surface area (Å²) >= 11 is 0. The normalized spacial score (nSPS) is 10.5. The number of nitrogens with zero attached hydrogens (tertiary/aromatic N) is 1. The summed E-state index contributed by atoms with van der Waals surface area (Å²) in [6, 6.07) is 16.3. The average Bonchev–Trinajstić information content (AvgIpc) is 2.97. The quantitative estimate of drug-likeness (QED) is 0.715. The molecule has 5 heteroatoms. The van der Waals surface area contributed by atoms with Crippen molar-refractivity contribution < 1.29 is 14.0 Å². The van der Waals surface area contributed by atoms with Gasteiger partial charge < -0.3 is 9.73 Å². The summed E-state index contributed by atoms with van der Waals surface area (Å²) in [6.07, 6.45) is 0.122. The molecule has 0 radical (unpaired) electrons. The number of hydrogen-bond acceptors (Lipinski definition) is 4. The molecule has 0 fully saturated rings. The number of hydrogen-bond donors (Lipinski definition) is 1. The molecule has 3 aromatic rings. The van der Waals surface area contributed by atoms with Gasteiger partial charge in [0.15, 0.2) is 5.78 Å². The smallest absolute Gasteiger partial charge is 0.230 e. The van der Waals surface area contributed by atoms with E-state index in [0.717, 1.165) is 5.56 Å². The number of aryl methyl sites for hydroxylation is 1. The molecule has 0 saturated heterocycles. The van der Waals surface area contributed by atoms with E-state index in [-0.39, 0.29) is 18.1 Å². The van der Waals surface area contributed by atoms with Crippen LogP contribution in [0, 0.1) is 6.92 Å². The Bertz CT molecular complexity index is 896. The van der Waals surface area contributed by atoms with Crippen molar-refractivity contribution in [1.29, 1.82) is 0 Å². The number of amides is 1. The monoisotopic (exact) mass is 334 g/mol. The molecular formula is C20H18N2O3. The van der Waals surface area contributed by atoms with Gasteiger partial charge in [-0.2, -0.15) is 0 Å². The van der Waals surface area contributed by atoms with Crippen LogP contribution in [0.3, 0.4) is 0 Å². The molecule has 3 rings (SSSR count). The number of aromatic nitrogens is 1. The van der Waals surface area contributed by atoms with E-state index < -0.39 is 0 Å². The van der Waals surface area contributed by atoms with Crippen molar-refractivity contribution in [2.24, 2.45) is 0 Å². The molecule has 1 heterocycles. The zero-order valence-electron chi connectivity index (χ0n) is 14.1. The van der Waals surface area contributed by atoms with Crippen molar-refractivity contribution in [3.8, 4) is 11.5 Å². The summed E-state index contributed by atoms with van der Waals surface area (Å²) in [5.74, 6) is 0.934. The average molecular weight is 334 g/mol. The van der Waals surface area contributed by atoms with Gasteiger partial charge in [-0.25, -0.2) is 4.98 Å². The van der Waals surface area contributed by atoms with Crippen molar-refractivity contribution >= 4 is 17.4 Å². The lowest BCUT2D eigenvalue weighted by atomic mass is 10.1. The Morgan fingerprint density at radius 1 is 1.04 bits per heavy atom. The highest BCUT2D eigenvalue weighted by molar-refractivity contribution is 5.96. The highest BCUT2D eigenvalue weighted by atomic mass is 16.4. The molecule has 0 atom stereocenters. The molecule has 0 spiro atoms. The maximum atomic E-state index is 12.2. The fourth-order valence-corrected chi connectivity index (χ4v) is 2.44. The first-order valence-corrected chi connectivity index (χ1v) is 7.95. The van der Waals surface area contributed by atoms with Crippen LogP contribution in [0.25, 0.3) is 11.5 Å². The standard InChI is InChI=1S/C20H18N2O3/c1-13(23)15-8-10-17(11-9-15)21-19(24)12-18-14(2)25-20(22-18)16-6-4-3-5-7-16/h3-11H,12H2,1-2H3,(H,21,24). The van der Waals surface area contributed by atoms with Crippen molar-refractivity contribution in [3.63, 3.8) is 0 Å². The first-order valence-electron chi connectivity index (χ1n) is 7.95. The van der Waals surface area contributed by atoms with E-state index in [9.17, 15) is 9.59 Å². The highest BCUT2D eigenvalue weighted by Gasteiger charge is 2.14. The van der Waals surface area contributed by atoms with E-state index in [1.807, 2.05) is 30.3 Å². The van der Waals surface area contributed by atoms with Crippen LogP contribution in [0.2, 0.25) is 0 Å². The summed E-state index contributed by atoms with van der Waals surface area (Å²) in [6.45, 7) is 3.30. The van der Waals surface area contributed by atoms with E-state index in [0.29, 0.717) is 28.6 Å². The number of ketones is 1. The zero-order valence-corrected chi connectivity index (χ0v) is 14.1. The molecule has 0 bridgehead atoms. The van der Waals surface area contributed by atoms with Crippen LogP contribution < -0.4 is 5.32 Å². The number of anilines is 1. The predicted octanol–water partition coefficient (Wildman–Crippen LogP) is 4.03. The maximum Gasteiger partial charge on any atom is 0.230 e. The first kappa shape index (κ1) is 16.6. The Kier molecular flexibility index (Phi) is 4.75. The molecule has 0 aliphatic carbocycles. The van der Waals surface area contributed by atoms with Gasteiger partial charge in [-0.1, -0.05) is 18.2 Å². The molecule has 2 aromatic carbocycles. The Morgan fingerprint density at radius 3 is 2.36 bits per heavy atom. The summed E-state index contributed by atoms with van der Waals surface area (Å²) in [4.78, 5) is 27.9. The lowest BCUT2D eigenvalue weighted by molar-refractivity contribution is -0.115. The molecule has 0 aliphatic heterocycles. The lowest BCUT2D eigenvalue weighted by Gasteiger charge is -2.04. The second-order valence-corrected chi connectivity index (χ2v) is 5.75. The van der Waals surface area contributed by atoms with Crippen molar-refractivity contribution in [2.75, 3.05) is 5.32 Å². The van der Waals surface area contributed by atoms with Crippen LogP contribution in [0.1, 0.15) is 28.7 Å². The zero-order chi connectivity index (χ0) is 17.8. The minimum absolute atomic E-state index is 0.00969. The van der Waals surface area contributed by atoms with Gasteiger partial charge in [0.05, 0.1) is 12.1 Å². The molecule has 0 unspecified atom stereocenters. The third-order valence-electron chi connectivity index (χ3n) is 3.82. The Labute approximate surface area is 145 Å². The molecule has 25 heavy (non-hydrogen) atoms. The molecule has 1 amide bonds. The van der Waals surface area contributed by atoms with Gasteiger partial charge in [-0.05, 0) is 50.2 Å². The summed E-state index contributed by atoms with van der Waals surface area (Å²) < 4.78 is 5.67. The van der Waals surface area contributed by atoms with E-state index in [1.54, 1.807) is 31.2 Å². The Balaban J connectivity index is 1.69. The van der Waals surface area contributed by atoms with Crippen molar-refractivity contribution in [1.82, 2.24) is 4.98 Å². The number of oxazole rings is 1. The van der Waals surface area contributed by atoms with Crippen LogP contribution >= 0.6 is 0 Å². The second kappa shape index (κ2) is 7.13. The fraction of sp³-hybridized carbons (Fsp3) is 0.150. The summed E-state index contributed by atoms with van der Waals surface area (Å²) in [7, 11) is 0. The number of nitrogens with one attached hydrogen (secondary N) is 1. The maximum absolute atomic E-state index is 12.2. The first-order chi connectivity index (χ1) is 12.0. The minimum atomic E-state index is -0.188. The van der Waals surface area contributed by atoms with Gasteiger partial charge in [0.25, 0.3) is 0 Å². The van der Waals surface area contributed by atoms with E-state index in [4.69, 9.17) is 4.42 Å². The van der Waals surface area contributed by atoms with Crippen LogP contribution in [-0.2, 0) is 11.2 Å². The van der Waals surface area contributed by atoms with Crippen molar-refractivity contribution in [2.45, 2.75) is 20.3 Å².